The van der Waals surface area contributed by atoms with Gasteiger partial charge in [0.05, 0.1) is 21.3 Å². The first-order chi connectivity index (χ1) is 8.49. The van der Waals surface area contributed by atoms with E-state index in [1.54, 1.807) is 23.5 Å². The predicted octanol–water partition coefficient (Wildman–Crippen LogP) is 3.94. The van der Waals surface area contributed by atoms with E-state index < -0.39 is 6.10 Å². The number of nitrogens with zero attached hydrogens (tertiary/aromatic N) is 1. The fraction of sp³-hybridized carbons (Fsp3) is 0.308. The van der Waals surface area contributed by atoms with Gasteiger partial charge in [-0.05, 0) is 41.4 Å². The summed E-state index contributed by atoms with van der Waals surface area (Å²) >= 11 is 4.73. The number of rotatable bonds is 3. The van der Waals surface area contributed by atoms with Gasteiger partial charge in [-0.25, -0.2) is 9.37 Å². The van der Waals surface area contributed by atoms with Crippen LogP contribution in [-0.4, -0.2) is 10.1 Å². The maximum atomic E-state index is 13.4. The molecule has 0 bridgehead atoms. The van der Waals surface area contributed by atoms with Crippen molar-refractivity contribution in [1.82, 2.24) is 4.98 Å². The Bertz CT molecular complexity index is 551. The second-order valence-corrected chi connectivity index (χ2v) is 6.19. The van der Waals surface area contributed by atoms with Gasteiger partial charge in [0.15, 0.2) is 0 Å². The minimum absolute atomic E-state index is 0.322. The molecular formula is C13H13BrFNOS. The smallest absolute Gasteiger partial charge is 0.137 e. The van der Waals surface area contributed by atoms with Gasteiger partial charge in [-0.15, -0.1) is 11.3 Å². The average Bonchev–Trinajstić information content (AvgIpc) is 2.61. The van der Waals surface area contributed by atoms with Crippen LogP contribution < -0.4 is 0 Å². The third-order valence-corrected chi connectivity index (χ3v) is 4.71. The topological polar surface area (TPSA) is 33.1 Å². The second kappa shape index (κ2) is 5.47. The van der Waals surface area contributed by atoms with E-state index in [0.717, 1.165) is 15.6 Å². The van der Waals surface area contributed by atoms with Crippen LogP contribution in [0.3, 0.4) is 0 Å². The largest absolute Gasteiger partial charge is 0.388 e. The molecule has 0 saturated carbocycles. The highest BCUT2D eigenvalue weighted by molar-refractivity contribution is 9.10. The summed E-state index contributed by atoms with van der Waals surface area (Å²) in [6, 6.07) is 4.67. The fourth-order valence-electron chi connectivity index (χ4n) is 1.68. The highest BCUT2D eigenvalue weighted by Crippen LogP contribution is 2.29. The summed E-state index contributed by atoms with van der Waals surface area (Å²) < 4.78 is 13.7. The molecule has 2 aromatic rings. The SMILES string of the molecule is Cc1nc(CC(O)c2cccc(F)c2Br)sc1C. The number of aromatic nitrogens is 1. The van der Waals surface area contributed by atoms with Gasteiger partial charge in [-0.3, -0.25) is 0 Å². The minimum Gasteiger partial charge on any atom is -0.388 e. The first kappa shape index (κ1) is 13.6. The molecule has 18 heavy (non-hydrogen) atoms. The van der Waals surface area contributed by atoms with Crippen LogP contribution in [0.5, 0.6) is 0 Å². The summed E-state index contributed by atoms with van der Waals surface area (Å²) in [5.41, 5.74) is 1.54. The van der Waals surface area contributed by atoms with Gasteiger partial charge in [0.1, 0.15) is 5.82 Å². The lowest BCUT2D eigenvalue weighted by molar-refractivity contribution is 0.177. The van der Waals surface area contributed by atoms with E-state index in [1.165, 1.54) is 6.07 Å². The number of thiazole rings is 1. The van der Waals surface area contributed by atoms with Crippen molar-refractivity contribution >= 4 is 27.3 Å². The van der Waals surface area contributed by atoms with Crippen molar-refractivity contribution in [2.75, 3.05) is 0 Å². The Morgan fingerprint density at radius 1 is 1.44 bits per heavy atom. The number of halogens is 2. The molecule has 5 heteroatoms. The standard InChI is InChI=1S/C13H13BrFNOS/c1-7-8(2)18-12(16-7)6-11(17)9-4-3-5-10(15)13(9)14/h3-5,11,17H,6H2,1-2H3. The van der Waals surface area contributed by atoms with Crippen molar-refractivity contribution in [3.8, 4) is 0 Å². The van der Waals surface area contributed by atoms with Crippen LogP contribution in [0.2, 0.25) is 0 Å². The van der Waals surface area contributed by atoms with E-state index in [2.05, 4.69) is 20.9 Å². The van der Waals surface area contributed by atoms with E-state index in [-0.39, 0.29) is 5.82 Å². The van der Waals surface area contributed by atoms with Crippen molar-refractivity contribution in [3.63, 3.8) is 0 Å². The van der Waals surface area contributed by atoms with Gasteiger partial charge in [0.2, 0.25) is 0 Å². The maximum Gasteiger partial charge on any atom is 0.137 e. The average molecular weight is 330 g/mol. The lowest BCUT2D eigenvalue weighted by Crippen LogP contribution is -2.03. The van der Waals surface area contributed by atoms with E-state index in [9.17, 15) is 9.50 Å². The summed E-state index contributed by atoms with van der Waals surface area (Å²) in [5, 5.41) is 11.0. The molecule has 1 N–H and O–H groups in total. The second-order valence-electron chi connectivity index (χ2n) is 4.11. The summed E-state index contributed by atoms with van der Waals surface area (Å²) in [6.45, 7) is 3.95. The zero-order chi connectivity index (χ0) is 13.3. The Balaban J connectivity index is 2.21. The number of hydrogen-bond donors (Lipinski definition) is 1. The molecule has 1 aromatic carbocycles. The molecule has 0 aliphatic heterocycles. The van der Waals surface area contributed by atoms with E-state index in [4.69, 9.17) is 0 Å². The Hall–Kier alpha value is -0.780. The molecule has 0 aliphatic carbocycles. The molecular weight excluding hydrogens is 317 g/mol. The van der Waals surface area contributed by atoms with Crippen molar-refractivity contribution < 1.29 is 9.50 Å². The highest BCUT2D eigenvalue weighted by atomic mass is 79.9. The van der Waals surface area contributed by atoms with Crippen molar-refractivity contribution in [3.05, 3.63) is 49.6 Å². The zero-order valence-electron chi connectivity index (χ0n) is 10.1. The van der Waals surface area contributed by atoms with Gasteiger partial charge in [-0.1, -0.05) is 12.1 Å². The molecule has 0 aliphatic rings. The predicted molar refractivity (Wildman–Crippen MR) is 74.4 cm³/mol. The van der Waals surface area contributed by atoms with Crippen LogP contribution in [0.15, 0.2) is 22.7 Å². The van der Waals surface area contributed by atoms with Gasteiger partial charge in [0, 0.05) is 11.3 Å². The highest BCUT2D eigenvalue weighted by Gasteiger charge is 2.16. The maximum absolute atomic E-state index is 13.4. The third-order valence-electron chi connectivity index (χ3n) is 2.78. The summed E-state index contributed by atoms with van der Waals surface area (Å²) in [7, 11) is 0. The molecule has 1 heterocycles. The Labute approximate surface area is 118 Å². The lowest BCUT2D eigenvalue weighted by Gasteiger charge is -2.11. The molecule has 0 fully saturated rings. The number of hydrogen-bond acceptors (Lipinski definition) is 3. The van der Waals surface area contributed by atoms with Crippen molar-refractivity contribution in [1.29, 1.82) is 0 Å². The van der Waals surface area contributed by atoms with Gasteiger partial charge < -0.3 is 5.11 Å². The van der Waals surface area contributed by atoms with Gasteiger partial charge in [-0.2, -0.15) is 0 Å². The number of aliphatic hydroxyl groups is 1. The third kappa shape index (κ3) is 2.79. The van der Waals surface area contributed by atoms with E-state index in [0.29, 0.717) is 16.5 Å². The van der Waals surface area contributed by atoms with Crippen LogP contribution in [-0.2, 0) is 6.42 Å². The van der Waals surface area contributed by atoms with E-state index >= 15 is 0 Å². The van der Waals surface area contributed by atoms with Gasteiger partial charge in [0.25, 0.3) is 0 Å². The van der Waals surface area contributed by atoms with Crippen molar-refractivity contribution in [2.45, 2.75) is 26.4 Å². The normalized spacial score (nSPS) is 12.7. The number of benzene rings is 1. The van der Waals surface area contributed by atoms with Crippen molar-refractivity contribution in [2.24, 2.45) is 0 Å². The monoisotopic (exact) mass is 329 g/mol. The first-order valence-corrected chi connectivity index (χ1v) is 7.15. The van der Waals surface area contributed by atoms with Gasteiger partial charge >= 0.3 is 0 Å². The molecule has 0 radical (unpaired) electrons. The zero-order valence-corrected chi connectivity index (χ0v) is 12.5. The van der Waals surface area contributed by atoms with Crippen LogP contribution in [0.4, 0.5) is 4.39 Å². The number of aryl methyl sites for hydroxylation is 2. The van der Waals surface area contributed by atoms with Crippen LogP contribution in [0.1, 0.15) is 27.2 Å². The van der Waals surface area contributed by atoms with Crippen LogP contribution in [0.25, 0.3) is 0 Å². The summed E-state index contributed by atoms with van der Waals surface area (Å²) in [5.74, 6) is -0.363. The Morgan fingerprint density at radius 3 is 2.78 bits per heavy atom. The quantitative estimate of drug-likeness (QED) is 0.925. The minimum atomic E-state index is -0.750. The van der Waals surface area contributed by atoms with Crippen LogP contribution in [0, 0.1) is 19.7 Å². The number of aliphatic hydroxyl groups excluding tert-OH is 1. The van der Waals surface area contributed by atoms with Crippen LogP contribution >= 0.6 is 27.3 Å². The lowest BCUT2D eigenvalue weighted by atomic mass is 10.1. The molecule has 96 valence electrons. The van der Waals surface area contributed by atoms with E-state index in [1.807, 2.05) is 13.8 Å². The fourth-order valence-corrected chi connectivity index (χ4v) is 3.18. The molecule has 1 atom stereocenters. The molecule has 0 saturated heterocycles. The molecule has 2 rings (SSSR count). The molecule has 0 spiro atoms. The summed E-state index contributed by atoms with van der Waals surface area (Å²) in [6.07, 6.45) is -0.346. The molecule has 2 nitrogen and oxygen atoms in total. The Morgan fingerprint density at radius 2 is 2.17 bits per heavy atom. The summed E-state index contributed by atoms with van der Waals surface area (Å²) in [4.78, 5) is 5.53. The molecule has 1 unspecified atom stereocenters. The molecule has 1 aromatic heterocycles. The Kier molecular flexibility index (Phi) is 4.14. The molecule has 0 amide bonds. The first-order valence-electron chi connectivity index (χ1n) is 5.54.